The molecule has 2 N–H and O–H groups in total. The van der Waals surface area contributed by atoms with Gasteiger partial charge in [0, 0.05) is 23.2 Å². The van der Waals surface area contributed by atoms with Gasteiger partial charge in [-0.05, 0) is 19.9 Å². The number of hydrogen-bond donors (Lipinski definition) is 1. The van der Waals surface area contributed by atoms with Crippen molar-refractivity contribution in [3.63, 3.8) is 0 Å². The first-order valence-electron chi connectivity index (χ1n) is 4.21. The third-order valence-corrected chi connectivity index (χ3v) is 3.73. The van der Waals surface area contributed by atoms with E-state index < -0.39 is 10.8 Å². The van der Waals surface area contributed by atoms with E-state index in [4.69, 9.17) is 10.5 Å². The molecule has 0 saturated heterocycles. The molecule has 0 spiro atoms. The van der Waals surface area contributed by atoms with Crippen LogP contribution in [0.25, 0.3) is 0 Å². The Hall–Kier alpha value is 0.0700. The molecule has 0 fully saturated rings. The monoisotopic (exact) mass is 193 g/mol. The largest absolute Gasteiger partial charge is 0.383 e. The van der Waals surface area contributed by atoms with Crippen molar-refractivity contribution in [2.45, 2.75) is 30.8 Å². The van der Waals surface area contributed by atoms with Crippen molar-refractivity contribution in [2.75, 3.05) is 20.3 Å². The van der Waals surface area contributed by atoms with Gasteiger partial charge in [0.1, 0.15) is 0 Å². The van der Waals surface area contributed by atoms with Crippen LogP contribution in [0.3, 0.4) is 0 Å². The summed E-state index contributed by atoms with van der Waals surface area (Å²) in [6, 6.07) is 0. The zero-order valence-corrected chi connectivity index (χ0v) is 8.89. The fraction of sp³-hybridized carbons (Fsp3) is 1.00. The minimum atomic E-state index is -0.814. The van der Waals surface area contributed by atoms with Crippen molar-refractivity contribution in [2.24, 2.45) is 5.73 Å². The van der Waals surface area contributed by atoms with Crippen molar-refractivity contribution in [3.05, 3.63) is 0 Å². The number of rotatable bonds is 6. The van der Waals surface area contributed by atoms with Crippen molar-refractivity contribution < 1.29 is 8.95 Å². The second kappa shape index (κ2) is 6.57. The molecule has 0 heterocycles. The van der Waals surface area contributed by atoms with E-state index in [9.17, 15) is 4.21 Å². The molecule has 3 nitrogen and oxygen atoms in total. The molecule has 74 valence electrons. The molecule has 12 heavy (non-hydrogen) atoms. The lowest BCUT2D eigenvalue weighted by atomic mass is 10.3. The van der Waals surface area contributed by atoms with E-state index in [0.29, 0.717) is 13.2 Å². The third-order valence-electron chi connectivity index (χ3n) is 1.77. The third kappa shape index (κ3) is 4.18. The van der Waals surface area contributed by atoms with Gasteiger partial charge in [-0.15, -0.1) is 0 Å². The molecule has 0 bridgehead atoms. The van der Waals surface area contributed by atoms with Gasteiger partial charge in [0.05, 0.1) is 11.9 Å². The van der Waals surface area contributed by atoms with Gasteiger partial charge >= 0.3 is 0 Å². The highest BCUT2D eigenvalue weighted by molar-refractivity contribution is 7.86. The Kier molecular flexibility index (Phi) is 6.61. The normalized spacial score (nSPS) is 18.7. The summed E-state index contributed by atoms with van der Waals surface area (Å²) in [6.45, 7) is 5.07. The van der Waals surface area contributed by atoms with Gasteiger partial charge in [-0.25, -0.2) is 0 Å². The van der Waals surface area contributed by atoms with Crippen molar-refractivity contribution in [1.82, 2.24) is 0 Å². The molecule has 0 amide bonds. The first-order chi connectivity index (χ1) is 5.63. The smallest absolute Gasteiger partial charge is 0.0603 e. The summed E-state index contributed by atoms with van der Waals surface area (Å²) in [5, 5.41) is 0.289. The molecule has 0 aliphatic rings. The highest BCUT2D eigenvalue weighted by Gasteiger charge is 2.16. The molecular formula is C8H19NO2S. The van der Waals surface area contributed by atoms with Crippen LogP contribution in [0.1, 0.15) is 20.3 Å². The minimum absolute atomic E-state index is 0.108. The zero-order valence-electron chi connectivity index (χ0n) is 8.08. The van der Waals surface area contributed by atoms with Crippen LogP contribution in [0, 0.1) is 0 Å². The molecule has 3 atom stereocenters. The van der Waals surface area contributed by atoms with Crippen LogP contribution in [0.4, 0.5) is 0 Å². The van der Waals surface area contributed by atoms with E-state index >= 15 is 0 Å². The Labute approximate surface area is 77.1 Å². The Morgan fingerprint density at radius 3 is 2.42 bits per heavy atom. The predicted octanol–water partition coefficient (Wildman–Crippen LogP) is 0.507. The molecular weight excluding hydrogens is 174 g/mol. The van der Waals surface area contributed by atoms with Crippen molar-refractivity contribution in [1.29, 1.82) is 0 Å². The number of hydrogen-bond acceptors (Lipinski definition) is 3. The Bertz CT molecular complexity index is 127. The first kappa shape index (κ1) is 12.1. The molecule has 0 saturated carbocycles. The minimum Gasteiger partial charge on any atom is -0.383 e. The van der Waals surface area contributed by atoms with Crippen LogP contribution >= 0.6 is 0 Å². The fourth-order valence-electron chi connectivity index (χ4n) is 1.05. The zero-order chi connectivity index (χ0) is 9.56. The average molecular weight is 193 g/mol. The van der Waals surface area contributed by atoms with Crippen molar-refractivity contribution in [3.8, 4) is 0 Å². The predicted molar refractivity (Wildman–Crippen MR) is 52.6 cm³/mol. The van der Waals surface area contributed by atoms with Crippen LogP contribution in [-0.4, -0.2) is 35.0 Å². The summed E-state index contributed by atoms with van der Waals surface area (Å²) in [4.78, 5) is 0. The van der Waals surface area contributed by atoms with Crippen LogP contribution in [0.5, 0.6) is 0 Å². The summed E-state index contributed by atoms with van der Waals surface area (Å²) >= 11 is 0. The molecule has 0 aromatic heterocycles. The van der Waals surface area contributed by atoms with Crippen LogP contribution in [0.15, 0.2) is 0 Å². The van der Waals surface area contributed by atoms with E-state index in [1.54, 1.807) is 7.11 Å². The lowest BCUT2D eigenvalue weighted by Gasteiger charge is -2.15. The summed E-state index contributed by atoms with van der Waals surface area (Å²) in [6.07, 6.45) is 0.820. The molecule has 0 radical (unpaired) electrons. The van der Waals surface area contributed by atoms with Gasteiger partial charge in [0.2, 0.25) is 0 Å². The topological polar surface area (TPSA) is 52.3 Å². The van der Waals surface area contributed by atoms with Gasteiger partial charge in [-0.1, -0.05) is 6.92 Å². The highest BCUT2D eigenvalue weighted by atomic mass is 32.2. The van der Waals surface area contributed by atoms with Gasteiger partial charge in [0.15, 0.2) is 0 Å². The van der Waals surface area contributed by atoms with E-state index in [-0.39, 0.29) is 10.5 Å². The second-order valence-electron chi connectivity index (χ2n) is 2.98. The van der Waals surface area contributed by atoms with Crippen LogP contribution in [0.2, 0.25) is 0 Å². The maximum absolute atomic E-state index is 11.6. The summed E-state index contributed by atoms with van der Waals surface area (Å²) in [5.74, 6) is 0. The van der Waals surface area contributed by atoms with E-state index in [0.717, 1.165) is 6.42 Å². The van der Waals surface area contributed by atoms with Crippen LogP contribution < -0.4 is 5.73 Å². The standard InChI is InChI=1S/C8H19NO2S/c1-7(4-5-9)12(10)8(2)6-11-3/h7-8H,4-6,9H2,1-3H3. The van der Waals surface area contributed by atoms with E-state index in [1.807, 2.05) is 13.8 Å². The van der Waals surface area contributed by atoms with E-state index in [1.165, 1.54) is 0 Å². The van der Waals surface area contributed by atoms with Gasteiger partial charge in [0.25, 0.3) is 0 Å². The van der Waals surface area contributed by atoms with E-state index in [2.05, 4.69) is 0 Å². The molecule has 0 aromatic rings. The molecule has 4 heteroatoms. The lowest BCUT2D eigenvalue weighted by Crippen LogP contribution is -2.26. The Balaban J connectivity index is 3.82. The van der Waals surface area contributed by atoms with Crippen molar-refractivity contribution >= 4 is 10.8 Å². The number of ether oxygens (including phenoxy) is 1. The fourth-order valence-corrected chi connectivity index (χ4v) is 2.48. The Morgan fingerprint density at radius 1 is 1.42 bits per heavy atom. The SMILES string of the molecule is COCC(C)S(=O)C(C)CCN. The molecule has 0 aliphatic heterocycles. The molecule has 3 unspecified atom stereocenters. The summed E-state index contributed by atoms with van der Waals surface area (Å²) in [7, 11) is 0.812. The van der Waals surface area contributed by atoms with Gasteiger partial charge in [-0.2, -0.15) is 0 Å². The molecule has 0 rings (SSSR count). The average Bonchev–Trinajstić information content (AvgIpc) is 2.04. The molecule has 0 aliphatic carbocycles. The Morgan fingerprint density at radius 2 is 2.00 bits per heavy atom. The maximum atomic E-state index is 11.6. The molecule has 0 aromatic carbocycles. The van der Waals surface area contributed by atoms with Crippen LogP contribution in [-0.2, 0) is 15.5 Å². The maximum Gasteiger partial charge on any atom is 0.0603 e. The quantitative estimate of drug-likeness (QED) is 0.668. The van der Waals surface area contributed by atoms with Gasteiger partial charge in [-0.3, -0.25) is 4.21 Å². The number of nitrogens with two attached hydrogens (primary N) is 1. The highest BCUT2D eigenvalue weighted by Crippen LogP contribution is 2.06. The van der Waals surface area contributed by atoms with Gasteiger partial charge < -0.3 is 10.5 Å². The summed E-state index contributed by atoms with van der Waals surface area (Å²) in [5.41, 5.74) is 5.38. The first-order valence-corrected chi connectivity index (χ1v) is 5.49. The second-order valence-corrected chi connectivity index (χ2v) is 5.25. The number of methoxy groups -OCH3 is 1. The lowest BCUT2D eigenvalue weighted by molar-refractivity contribution is 0.201. The summed E-state index contributed by atoms with van der Waals surface area (Å²) < 4.78 is 16.5.